The molecule has 1 saturated carbocycles. The molecule has 0 radical (unpaired) electrons. The fourth-order valence-electron chi connectivity index (χ4n) is 3.63. The van der Waals surface area contributed by atoms with Crippen molar-refractivity contribution in [2.45, 2.75) is 56.3 Å². The first-order valence-electron chi connectivity index (χ1n) is 8.73. The molecule has 3 N–H and O–H groups in total. The number of imidazole rings is 1. The van der Waals surface area contributed by atoms with Crippen LogP contribution in [0, 0.1) is 0 Å². The number of nitrogens with zero attached hydrogens (tertiary/aromatic N) is 4. The van der Waals surface area contributed by atoms with Crippen LogP contribution in [0.3, 0.4) is 0 Å². The molecule has 2 aromatic rings. The van der Waals surface area contributed by atoms with Gasteiger partial charge in [0.2, 0.25) is 0 Å². The normalized spacial score (nSPS) is 29.1. The molecule has 2 aromatic heterocycles. The third kappa shape index (κ3) is 4.40. The van der Waals surface area contributed by atoms with Crippen LogP contribution in [0.2, 0.25) is 0 Å². The van der Waals surface area contributed by atoms with Crippen molar-refractivity contribution in [3.8, 4) is 0 Å². The molecule has 1 saturated heterocycles. The van der Waals surface area contributed by atoms with E-state index < -0.39 is 42.5 Å². The summed E-state index contributed by atoms with van der Waals surface area (Å²) < 4.78 is 32.7. The molecule has 5 atom stereocenters. The van der Waals surface area contributed by atoms with E-state index in [0.29, 0.717) is 23.0 Å². The molecular formula is C15H20N5NaO6S. The molecule has 1 aliphatic carbocycles. The maximum absolute atomic E-state index is 10.5. The van der Waals surface area contributed by atoms with Crippen molar-refractivity contribution >= 4 is 28.3 Å². The van der Waals surface area contributed by atoms with E-state index in [1.165, 1.54) is 30.1 Å². The molecule has 0 amide bonds. The van der Waals surface area contributed by atoms with Crippen LogP contribution >= 0.6 is 0 Å². The molecule has 13 heteroatoms. The van der Waals surface area contributed by atoms with Crippen molar-refractivity contribution in [3.05, 3.63) is 12.7 Å². The van der Waals surface area contributed by atoms with E-state index in [4.69, 9.17) is 4.74 Å². The molecule has 1 unspecified atom stereocenters. The van der Waals surface area contributed by atoms with Gasteiger partial charge in [-0.05, 0) is 12.8 Å². The van der Waals surface area contributed by atoms with Gasteiger partial charge in [-0.3, -0.25) is 8.75 Å². The molecular weight excluding hydrogens is 401 g/mol. The van der Waals surface area contributed by atoms with Crippen molar-refractivity contribution in [2.24, 2.45) is 0 Å². The smallest absolute Gasteiger partial charge is 0.750 e. The third-order valence-electron chi connectivity index (χ3n) is 4.99. The predicted octanol–water partition coefficient (Wildman–Crippen LogP) is -3.39. The van der Waals surface area contributed by atoms with E-state index in [1.54, 1.807) is 0 Å². The second kappa shape index (κ2) is 9.41. The zero-order valence-corrected chi connectivity index (χ0v) is 18.1. The van der Waals surface area contributed by atoms with E-state index in [0.717, 1.165) is 12.8 Å². The SMILES string of the molecule is O=S([O-])OC[C@H]1O[C@@H](n2cnc3c(NC4CCCC4)ncnc32)[C@H](O)[C@@H]1O.[Na+]. The van der Waals surface area contributed by atoms with Crippen LogP contribution in [-0.2, 0) is 20.3 Å². The predicted molar refractivity (Wildman–Crippen MR) is 92.0 cm³/mol. The Morgan fingerprint density at radius 1 is 1.29 bits per heavy atom. The summed E-state index contributed by atoms with van der Waals surface area (Å²) in [5.74, 6) is 0.611. The molecule has 0 spiro atoms. The van der Waals surface area contributed by atoms with E-state index >= 15 is 0 Å². The number of aliphatic hydroxyl groups is 2. The number of aromatic nitrogens is 4. The van der Waals surface area contributed by atoms with Gasteiger partial charge in [0, 0.05) is 6.04 Å². The van der Waals surface area contributed by atoms with Crippen LogP contribution in [0.4, 0.5) is 5.82 Å². The van der Waals surface area contributed by atoms with E-state index in [1.807, 2.05) is 0 Å². The van der Waals surface area contributed by atoms with Crippen molar-refractivity contribution < 1.29 is 57.5 Å². The van der Waals surface area contributed by atoms with Gasteiger partial charge in [0.05, 0.1) is 24.3 Å². The minimum Gasteiger partial charge on any atom is -0.750 e. The van der Waals surface area contributed by atoms with Crippen molar-refractivity contribution in [1.29, 1.82) is 0 Å². The van der Waals surface area contributed by atoms with Gasteiger partial charge < -0.3 is 24.8 Å². The maximum Gasteiger partial charge on any atom is 1.00 e. The Kier molecular flexibility index (Phi) is 7.39. The van der Waals surface area contributed by atoms with E-state index in [2.05, 4.69) is 24.5 Å². The second-order valence-electron chi connectivity index (χ2n) is 6.71. The monoisotopic (exact) mass is 421 g/mol. The quantitative estimate of drug-likeness (QED) is 0.318. The van der Waals surface area contributed by atoms with Gasteiger partial charge in [0.25, 0.3) is 0 Å². The number of aliphatic hydroxyl groups excluding tert-OH is 2. The summed E-state index contributed by atoms with van der Waals surface area (Å²) in [4.78, 5) is 12.8. The Balaban J connectivity index is 0.00000225. The largest absolute Gasteiger partial charge is 1.00 e. The summed E-state index contributed by atoms with van der Waals surface area (Å²) in [6.45, 7) is -0.402. The van der Waals surface area contributed by atoms with E-state index in [-0.39, 0.29) is 29.6 Å². The van der Waals surface area contributed by atoms with Gasteiger partial charge in [-0.2, -0.15) is 0 Å². The number of fused-ring (bicyclic) bond motifs is 1. The summed E-state index contributed by atoms with van der Waals surface area (Å²) in [6, 6.07) is 0.345. The zero-order valence-electron chi connectivity index (χ0n) is 15.3. The number of anilines is 1. The Morgan fingerprint density at radius 2 is 2.04 bits per heavy atom. The second-order valence-corrected chi connectivity index (χ2v) is 7.35. The Labute approximate surface area is 185 Å². The fraction of sp³-hybridized carbons (Fsp3) is 0.667. The molecule has 1 aliphatic heterocycles. The molecule has 2 fully saturated rings. The van der Waals surface area contributed by atoms with Crippen LogP contribution in [0.1, 0.15) is 31.9 Å². The topological polar surface area (TPSA) is 155 Å². The average Bonchev–Trinajstić information content (AvgIpc) is 3.36. The van der Waals surface area contributed by atoms with Crippen LogP contribution in [-0.4, -0.2) is 69.5 Å². The van der Waals surface area contributed by atoms with Gasteiger partial charge in [0.15, 0.2) is 23.2 Å². The minimum atomic E-state index is -2.73. The van der Waals surface area contributed by atoms with Gasteiger partial charge in [-0.25, -0.2) is 19.2 Å². The van der Waals surface area contributed by atoms with Crippen molar-refractivity contribution in [2.75, 3.05) is 11.9 Å². The molecule has 28 heavy (non-hydrogen) atoms. The Hall–Kier alpha value is -0.700. The fourth-order valence-corrected chi connectivity index (χ4v) is 3.87. The number of hydrogen-bond acceptors (Lipinski definition) is 10. The summed E-state index contributed by atoms with van der Waals surface area (Å²) in [7, 11) is 0. The van der Waals surface area contributed by atoms with E-state index in [9.17, 15) is 19.0 Å². The molecule has 0 aromatic carbocycles. The van der Waals surface area contributed by atoms with Crippen LogP contribution in [0.15, 0.2) is 12.7 Å². The molecule has 148 valence electrons. The minimum absolute atomic E-state index is 0. The standard InChI is InChI=1S/C15H21N5O6S.Na/c21-11-9(5-25-27(23)24)26-15(12(11)22)20-7-18-10-13(16-6-17-14(10)20)19-8-3-1-2-4-8;/h6-9,11-12,15,21-22H,1-5H2,(H,23,24)(H,16,17,19);/q;+1/p-1/t9-,11-,12-,15-;/m1./s1. The van der Waals surface area contributed by atoms with Gasteiger partial charge in [-0.15, -0.1) is 0 Å². The van der Waals surface area contributed by atoms with Crippen molar-refractivity contribution in [1.82, 2.24) is 19.5 Å². The Morgan fingerprint density at radius 3 is 2.75 bits per heavy atom. The number of ether oxygens (including phenoxy) is 1. The van der Waals surface area contributed by atoms with Crippen LogP contribution in [0.5, 0.6) is 0 Å². The molecule has 4 rings (SSSR count). The Bertz CT molecular complexity index is 834. The first-order valence-corrected chi connectivity index (χ1v) is 9.73. The number of rotatable bonds is 6. The molecule has 11 nitrogen and oxygen atoms in total. The molecule has 0 bridgehead atoms. The number of nitrogens with one attached hydrogen (secondary N) is 1. The summed E-state index contributed by atoms with van der Waals surface area (Å²) >= 11 is -2.73. The van der Waals surface area contributed by atoms with Crippen LogP contribution in [0.25, 0.3) is 11.2 Å². The maximum atomic E-state index is 10.5. The summed E-state index contributed by atoms with van der Waals surface area (Å²) in [5.41, 5.74) is 0.978. The van der Waals surface area contributed by atoms with Crippen molar-refractivity contribution in [3.63, 3.8) is 0 Å². The summed E-state index contributed by atoms with van der Waals surface area (Å²) in [6.07, 6.45) is 2.77. The molecule has 3 heterocycles. The number of hydrogen-bond donors (Lipinski definition) is 3. The van der Waals surface area contributed by atoms with Gasteiger partial charge in [0.1, 0.15) is 24.6 Å². The van der Waals surface area contributed by atoms with Gasteiger partial charge >= 0.3 is 29.6 Å². The summed E-state index contributed by atoms with van der Waals surface area (Å²) in [5, 5.41) is 23.8. The first-order chi connectivity index (χ1) is 13.0. The first kappa shape index (κ1) is 22.0. The van der Waals surface area contributed by atoms with Gasteiger partial charge in [-0.1, -0.05) is 12.8 Å². The molecule has 2 aliphatic rings. The third-order valence-corrected chi connectivity index (χ3v) is 5.32. The average molecular weight is 421 g/mol. The zero-order chi connectivity index (χ0) is 19.0. The van der Waals surface area contributed by atoms with Crippen LogP contribution < -0.4 is 34.9 Å².